The van der Waals surface area contributed by atoms with Crippen LogP contribution in [0, 0.1) is 0 Å². The van der Waals surface area contributed by atoms with Crippen molar-refractivity contribution < 1.29 is 0 Å². The van der Waals surface area contributed by atoms with Crippen molar-refractivity contribution >= 4 is 43.6 Å². The first-order valence-corrected chi connectivity index (χ1v) is 21.9. The number of aromatic nitrogens is 5. The second kappa shape index (κ2) is 13.7. The van der Waals surface area contributed by atoms with E-state index in [1.165, 1.54) is 87.2 Å². The smallest absolute Gasteiger partial charge is 0.240 e. The Morgan fingerprint density at radius 2 is 0.919 bits per heavy atom. The van der Waals surface area contributed by atoms with Gasteiger partial charge >= 0.3 is 0 Å². The molecule has 0 aliphatic heterocycles. The highest BCUT2D eigenvalue weighted by molar-refractivity contribution is 6.16. The lowest BCUT2D eigenvalue weighted by Crippen LogP contribution is -2.28. The molecule has 2 aliphatic carbocycles. The van der Waals surface area contributed by atoms with E-state index in [0.29, 0.717) is 17.7 Å². The Morgan fingerprint density at radius 1 is 0.355 bits per heavy atom. The van der Waals surface area contributed by atoms with Gasteiger partial charge in [-0.3, -0.25) is 9.13 Å². The van der Waals surface area contributed by atoms with Crippen molar-refractivity contribution in [1.29, 1.82) is 0 Å². The molecule has 0 radical (unpaired) electrons. The lowest BCUT2D eigenvalue weighted by molar-refractivity contribution is 0.353. The van der Waals surface area contributed by atoms with Crippen LogP contribution in [-0.2, 0) is 5.41 Å². The van der Waals surface area contributed by atoms with Gasteiger partial charge in [0.1, 0.15) is 0 Å². The SMILES string of the molecule is c1ccc(-c2ccc(-c3nc(-n4c5ccccc5c5cc6c(cc54)C4(CCCCC4)c4ccccc4-6)nc(-n4c5ccccc5c5c(-c6ccccc6)cccc54)n3)cc2)cc1. The molecule has 8 aromatic carbocycles. The zero-order valence-electron chi connectivity index (χ0n) is 34.2. The Kier molecular flexibility index (Phi) is 7.77. The number of fused-ring (bicyclic) bond motifs is 11. The zero-order chi connectivity index (χ0) is 40.8. The summed E-state index contributed by atoms with van der Waals surface area (Å²) in [6.45, 7) is 0. The van der Waals surface area contributed by atoms with E-state index < -0.39 is 0 Å². The molecular weight excluding hydrogens is 755 g/mol. The molecule has 0 saturated heterocycles. The monoisotopic (exact) mass is 795 g/mol. The second-order valence-corrected chi connectivity index (χ2v) is 17.1. The topological polar surface area (TPSA) is 48.5 Å². The second-order valence-electron chi connectivity index (χ2n) is 17.1. The van der Waals surface area contributed by atoms with Gasteiger partial charge in [0.15, 0.2) is 5.82 Å². The lowest BCUT2D eigenvalue weighted by atomic mass is 9.68. The molecule has 5 nitrogen and oxygen atoms in total. The largest absolute Gasteiger partial charge is 0.278 e. The van der Waals surface area contributed by atoms with E-state index in [1.807, 2.05) is 0 Å². The van der Waals surface area contributed by atoms with E-state index in [0.717, 1.165) is 38.6 Å². The standard InChI is InChI=1S/C57H41N5/c1-4-17-37(18-5-1)38-29-31-40(32-30-38)54-58-55(61-50-27-13-10-23-44(50)53-41(24-16-28-51(53)61)39-19-6-2-7-20-39)60-56(59-54)62-49-26-12-9-22-43(49)46-35-45-42-21-8-11-25-47(42)57(33-14-3-15-34-57)48(45)36-52(46)62/h1-2,4-13,16-32,35-36H,3,14-15,33-34H2. The number of hydrogen-bond acceptors (Lipinski definition) is 3. The van der Waals surface area contributed by atoms with E-state index in [2.05, 4.69) is 197 Å². The maximum Gasteiger partial charge on any atom is 0.240 e. The molecule has 2 aliphatic rings. The van der Waals surface area contributed by atoms with Gasteiger partial charge < -0.3 is 0 Å². The average molecular weight is 796 g/mol. The molecule has 0 bridgehead atoms. The van der Waals surface area contributed by atoms with Crippen LogP contribution in [0.25, 0.3) is 100 Å². The highest BCUT2D eigenvalue weighted by Gasteiger charge is 2.44. The van der Waals surface area contributed by atoms with Crippen LogP contribution < -0.4 is 0 Å². The van der Waals surface area contributed by atoms with Crippen LogP contribution in [0.3, 0.4) is 0 Å². The number of benzene rings is 8. The van der Waals surface area contributed by atoms with Gasteiger partial charge in [-0.2, -0.15) is 15.0 Å². The van der Waals surface area contributed by atoms with Crippen LogP contribution in [0.5, 0.6) is 0 Å². The van der Waals surface area contributed by atoms with E-state index in [1.54, 1.807) is 0 Å². The van der Waals surface area contributed by atoms with Crippen molar-refractivity contribution in [2.24, 2.45) is 0 Å². The van der Waals surface area contributed by atoms with Crippen molar-refractivity contribution in [2.45, 2.75) is 37.5 Å². The van der Waals surface area contributed by atoms with Crippen molar-refractivity contribution in [2.75, 3.05) is 0 Å². The molecule has 1 saturated carbocycles. The van der Waals surface area contributed by atoms with Gasteiger partial charge in [0.25, 0.3) is 0 Å². The third-order valence-electron chi connectivity index (χ3n) is 13.8. The van der Waals surface area contributed by atoms with Crippen LogP contribution in [-0.4, -0.2) is 24.1 Å². The summed E-state index contributed by atoms with van der Waals surface area (Å²) in [5, 5.41) is 4.73. The summed E-state index contributed by atoms with van der Waals surface area (Å²) in [7, 11) is 0. The molecule has 0 amide bonds. The van der Waals surface area contributed by atoms with Crippen LogP contribution >= 0.6 is 0 Å². The molecule has 3 heterocycles. The molecular formula is C57H41N5. The summed E-state index contributed by atoms with van der Waals surface area (Å²) in [6.07, 6.45) is 6.10. The first-order chi connectivity index (χ1) is 30.7. The van der Waals surface area contributed by atoms with Crippen molar-refractivity contribution in [1.82, 2.24) is 24.1 Å². The van der Waals surface area contributed by atoms with Gasteiger partial charge in [0.05, 0.1) is 22.1 Å². The van der Waals surface area contributed by atoms with E-state index in [9.17, 15) is 0 Å². The summed E-state index contributed by atoms with van der Waals surface area (Å²) in [4.78, 5) is 16.4. The minimum absolute atomic E-state index is 0.00893. The fourth-order valence-electron chi connectivity index (χ4n) is 11.0. The van der Waals surface area contributed by atoms with Crippen molar-refractivity contribution in [3.05, 3.63) is 199 Å². The molecule has 11 aromatic rings. The Bertz CT molecular complexity index is 3540. The van der Waals surface area contributed by atoms with Crippen LogP contribution in [0.2, 0.25) is 0 Å². The lowest BCUT2D eigenvalue weighted by Gasteiger charge is -2.36. The highest BCUT2D eigenvalue weighted by atomic mass is 15.3. The predicted molar refractivity (Wildman–Crippen MR) is 254 cm³/mol. The predicted octanol–water partition coefficient (Wildman–Crippen LogP) is 14.3. The van der Waals surface area contributed by atoms with Gasteiger partial charge in [0, 0.05) is 32.5 Å². The minimum atomic E-state index is 0.00893. The van der Waals surface area contributed by atoms with Gasteiger partial charge in [-0.1, -0.05) is 177 Å². The van der Waals surface area contributed by atoms with Gasteiger partial charge in [-0.25, -0.2) is 0 Å². The Hall–Kier alpha value is -7.63. The van der Waals surface area contributed by atoms with Gasteiger partial charge in [-0.05, 0) is 87.7 Å². The third kappa shape index (κ3) is 5.18. The molecule has 5 heteroatoms. The van der Waals surface area contributed by atoms with Crippen LogP contribution in [0.4, 0.5) is 0 Å². The quantitative estimate of drug-likeness (QED) is 0.174. The van der Waals surface area contributed by atoms with E-state index in [4.69, 9.17) is 15.0 Å². The van der Waals surface area contributed by atoms with Crippen LogP contribution in [0.15, 0.2) is 188 Å². The molecule has 1 spiro atoms. The Balaban J connectivity index is 1.10. The molecule has 0 N–H and O–H groups in total. The van der Waals surface area contributed by atoms with Gasteiger partial charge in [-0.15, -0.1) is 0 Å². The molecule has 294 valence electrons. The minimum Gasteiger partial charge on any atom is -0.278 e. The summed E-state index contributed by atoms with van der Waals surface area (Å²) in [5.74, 6) is 1.80. The first-order valence-electron chi connectivity index (χ1n) is 21.9. The number of para-hydroxylation sites is 2. The summed E-state index contributed by atoms with van der Waals surface area (Å²) < 4.78 is 4.55. The molecule has 3 aromatic heterocycles. The molecule has 0 unspecified atom stereocenters. The molecule has 0 atom stereocenters. The first kappa shape index (κ1) is 35.2. The summed E-state index contributed by atoms with van der Waals surface area (Å²) >= 11 is 0. The Morgan fingerprint density at radius 3 is 1.68 bits per heavy atom. The maximum absolute atomic E-state index is 5.55. The molecule has 13 rings (SSSR count). The summed E-state index contributed by atoms with van der Waals surface area (Å²) in [5.41, 5.74) is 15.6. The molecule has 1 fully saturated rings. The van der Waals surface area contributed by atoms with E-state index in [-0.39, 0.29) is 5.41 Å². The number of hydrogen-bond donors (Lipinski definition) is 0. The average Bonchev–Trinajstić information content (AvgIpc) is 3.95. The fourth-order valence-corrected chi connectivity index (χ4v) is 11.0. The van der Waals surface area contributed by atoms with Crippen LogP contribution in [0.1, 0.15) is 43.2 Å². The summed E-state index contributed by atoms with van der Waals surface area (Å²) in [6, 6.07) is 67.9. The normalized spacial score (nSPS) is 14.3. The zero-order valence-corrected chi connectivity index (χ0v) is 34.2. The van der Waals surface area contributed by atoms with Crippen molar-refractivity contribution in [3.8, 4) is 56.7 Å². The highest BCUT2D eigenvalue weighted by Crippen LogP contribution is 2.57. The fraction of sp³-hybridized carbons (Fsp3) is 0.105. The number of nitrogens with zero attached hydrogens (tertiary/aromatic N) is 5. The number of rotatable bonds is 5. The van der Waals surface area contributed by atoms with Gasteiger partial charge in [0.2, 0.25) is 11.9 Å². The van der Waals surface area contributed by atoms with E-state index >= 15 is 0 Å². The Labute approximate surface area is 359 Å². The van der Waals surface area contributed by atoms with Crippen molar-refractivity contribution in [3.63, 3.8) is 0 Å². The maximum atomic E-state index is 5.55. The third-order valence-corrected chi connectivity index (χ3v) is 13.8. The molecule has 62 heavy (non-hydrogen) atoms.